The van der Waals surface area contributed by atoms with Gasteiger partial charge < -0.3 is 20.1 Å². The molecule has 1 aliphatic rings. The molecule has 0 spiro atoms. The van der Waals surface area contributed by atoms with Crippen LogP contribution in [-0.2, 0) is 14.3 Å². The number of rotatable bonds is 10. The zero-order chi connectivity index (χ0) is 22.2. The highest BCUT2D eigenvalue weighted by Gasteiger charge is 2.48. The van der Waals surface area contributed by atoms with Gasteiger partial charge in [0.15, 0.2) is 0 Å². The Kier molecular flexibility index (Phi) is 10.1. The molecule has 1 rings (SSSR count). The number of nitrogens with zero attached hydrogens (tertiary/aromatic N) is 1. The van der Waals surface area contributed by atoms with E-state index in [1.807, 2.05) is 40.7 Å². The lowest BCUT2D eigenvalue weighted by atomic mass is 9.67. The standard InChI is InChI=1S/C22H39ClN2O4/c1-7-17(23)9-8-11-22(28)12-13-25(15-21(22,4)5)20(27)19(16(2)3)24-18(26)10-14-29-6/h9,16,19,28H,7-8,10-15H2,1-6H3,(H,24,26)/b17-9+/t19-,22-/m1/s1. The lowest BCUT2D eigenvalue weighted by Crippen LogP contribution is -2.61. The van der Waals surface area contributed by atoms with Crippen molar-refractivity contribution in [2.24, 2.45) is 11.3 Å². The number of aliphatic hydroxyl groups is 1. The van der Waals surface area contributed by atoms with Crippen LogP contribution in [-0.4, -0.2) is 60.3 Å². The van der Waals surface area contributed by atoms with E-state index in [0.29, 0.717) is 39.0 Å². The van der Waals surface area contributed by atoms with Crippen LogP contribution in [0.1, 0.15) is 66.7 Å². The monoisotopic (exact) mass is 430 g/mol. The molecular formula is C22H39ClN2O4. The first kappa shape index (κ1) is 25.9. The average molecular weight is 431 g/mol. The fraction of sp³-hybridized carbons (Fsp3) is 0.818. The topological polar surface area (TPSA) is 78.9 Å². The molecule has 0 unspecified atom stereocenters. The van der Waals surface area contributed by atoms with Crippen molar-refractivity contribution in [3.05, 3.63) is 11.1 Å². The van der Waals surface area contributed by atoms with Crippen LogP contribution >= 0.6 is 11.6 Å². The highest BCUT2D eigenvalue weighted by molar-refractivity contribution is 6.29. The van der Waals surface area contributed by atoms with Gasteiger partial charge in [-0.1, -0.05) is 52.3 Å². The minimum Gasteiger partial charge on any atom is -0.389 e. The maximum absolute atomic E-state index is 13.2. The summed E-state index contributed by atoms with van der Waals surface area (Å²) in [5.41, 5.74) is -1.32. The summed E-state index contributed by atoms with van der Waals surface area (Å²) in [5.74, 6) is -0.305. The second-order valence-corrected chi connectivity index (χ2v) is 9.49. The zero-order valence-electron chi connectivity index (χ0n) is 18.9. The fourth-order valence-corrected chi connectivity index (χ4v) is 3.88. The summed E-state index contributed by atoms with van der Waals surface area (Å²) in [5, 5.41) is 14.9. The molecule has 29 heavy (non-hydrogen) atoms. The molecule has 0 aromatic carbocycles. The summed E-state index contributed by atoms with van der Waals surface area (Å²) >= 11 is 6.09. The van der Waals surface area contributed by atoms with Gasteiger partial charge in [0, 0.05) is 37.1 Å². The molecule has 1 saturated heterocycles. The van der Waals surface area contributed by atoms with Gasteiger partial charge in [0.1, 0.15) is 6.04 Å². The number of carbonyl (C=O) groups is 2. The molecule has 6 nitrogen and oxygen atoms in total. The highest BCUT2D eigenvalue weighted by atomic mass is 35.5. The number of allylic oxidation sites excluding steroid dienone is 2. The summed E-state index contributed by atoms with van der Waals surface area (Å²) in [6.07, 6.45) is 4.82. The number of halogens is 1. The van der Waals surface area contributed by atoms with Crippen LogP contribution in [0, 0.1) is 11.3 Å². The van der Waals surface area contributed by atoms with E-state index in [1.165, 1.54) is 0 Å². The quantitative estimate of drug-likeness (QED) is 0.556. The van der Waals surface area contributed by atoms with E-state index in [-0.39, 0.29) is 24.2 Å². The number of amides is 2. The van der Waals surface area contributed by atoms with Gasteiger partial charge in [0.05, 0.1) is 12.2 Å². The molecule has 0 radical (unpaired) electrons. The normalized spacial score (nSPS) is 23.2. The Balaban J connectivity index is 2.81. The summed E-state index contributed by atoms with van der Waals surface area (Å²) in [6, 6.07) is -0.576. The second kappa shape index (κ2) is 11.3. The number of hydrogen-bond donors (Lipinski definition) is 2. The number of hydrogen-bond acceptors (Lipinski definition) is 4. The molecule has 2 atom stereocenters. The summed E-state index contributed by atoms with van der Waals surface area (Å²) < 4.78 is 4.94. The van der Waals surface area contributed by atoms with Crippen molar-refractivity contribution in [3.8, 4) is 0 Å². The van der Waals surface area contributed by atoms with E-state index >= 15 is 0 Å². The van der Waals surface area contributed by atoms with Gasteiger partial charge in [0.25, 0.3) is 0 Å². The maximum Gasteiger partial charge on any atom is 0.245 e. The summed E-state index contributed by atoms with van der Waals surface area (Å²) in [4.78, 5) is 27.1. The Bertz CT molecular complexity index is 591. The first-order valence-electron chi connectivity index (χ1n) is 10.6. The van der Waals surface area contributed by atoms with Crippen molar-refractivity contribution < 1.29 is 19.4 Å². The number of piperidine rings is 1. The first-order valence-corrected chi connectivity index (χ1v) is 11.0. The van der Waals surface area contributed by atoms with Crippen molar-refractivity contribution in [2.75, 3.05) is 26.8 Å². The Labute approximate surface area is 181 Å². The minimum atomic E-state index is -0.861. The molecule has 0 aromatic heterocycles. The highest BCUT2D eigenvalue weighted by Crippen LogP contribution is 2.42. The van der Waals surface area contributed by atoms with Crippen LogP contribution in [0.4, 0.5) is 0 Å². The Hall–Kier alpha value is -1.11. The first-order chi connectivity index (χ1) is 13.5. The van der Waals surface area contributed by atoms with E-state index in [2.05, 4.69) is 5.32 Å². The zero-order valence-corrected chi connectivity index (χ0v) is 19.6. The minimum absolute atomic E-state index is 0.0285. The Morgan fingerprint density at radius 2 is 2.00 bits per heavy atom. The number of likely N-dealkylation sites (tertiary alicyclic amines) is 1. The predicted octanol–water partition coefficient (Wildman–Crippen LogP) is 3.47. The average Bonchev–Trinajstić information content (AvgIpc) is 2.65. The number of nitrogens with one attached hydrogen (secondary N) is 1. The molecule has 0 aromatic rings. The van der Waals surface area contributed by atoms with Gasteiger partial charge in [0.2, 0.25) is 11.8 Å². The van der Waals surface area contributed by atoms with Crippen molar-refractivity contribution in [3.63, 3.8) is 0 Å². The maximum atomic E-state index is 13.2. The van der Waals surface area contributed by atoms with Crippen molar-refractivity contribution in [2.45, 2.75) is 78.4 Å². The molecule has 1 heterocycles. The Morgan fingerprint density at radius 1 is 1.34 bits per heavy atom. The second-order valence-electron chi connectivity index (χ2n) is 9.00. The molecule has 0 saturated carbocycles. The summed E-state index contributed by atoms with van der Waals surface area (Å²) in [7, 11) is 1.54. The van der Waals surface area contributed by atoms with Gasteiger partial charge in [-0.15, -0.1) is 0 Å². The van der Waals surface area contributed by atoms with E-state index in [9.17, 15) is 14.7 Å². The lowest BCUT2D eigenvalue weighted by molar-refractivity contribution is -0.155. The van der Waals surface area contributed by atoms with Crippen LogP contribution in [0.2, 0.25) is 0 Å². The van der Waals surface area contributed by atoms with Crippen LogP contribution in [0.3, 0.4) is 0 Å². The molecule has 168 valence electrons. The van der Waals surface area contributed by atoms with Crippen molar-refractivity contribution in [1.82, 2.24) is 10.2 Å². The van der Waals surface area contributed by atoms with E-state index in [0.717, 1.165) is 11.5 Å². The SMILES string of the molecule is CC/C(Cl)=C\CC[C@@]1(O)CCN(C(=O)[C@H](NC(=O)CCOC)C(C)C)CC1(C)C. The third kappa shape index (κ3) is 7.26. The molecule has 2 amide bonds. The third-order valence-corrected chi connectivity index (χ3v) is 6.42. The molecule has 1 fully saturated rings. The fourth-order valence-electron chi connectivity index (χ4n) is 3.78. The number of ether oxygens (including phenoxy) is 1. The number of methoxy groups -OCH3 is 1. The smallest absolute Gasteiger partial charge is 0.245 e. The molecular weight excluding hydrogens is 392 g/mol. The molecule has 1 aliphatic heterocycles. The number of carbonyl (C=O) groups excluding carboxylic acids is 2. The molecule has 0 aliphatic carbocycles. The van der Waals surface area contributed by atoms with Gasteiger partial charge in [-0.3, -0.25) is 9.59 Å². The van der Waals surface area contributed by atoms with Gasteiger partial charge in [-0.2, -0.15) is 0 Å². The Morgan fingerprint density at radius 3 is 2.52 bits per heavy atom. The molecule has 7 heteroatoms. The van der Waals surface area contributed by atoms with E-state index in [1.54, 1.807) is 12.0 Å². The van der Waals surface area contributed by atoms with Crippen LogP contribution in [0.25, 0.3) is 0 Å². The molecule has 0 bridgehead atoms. The van der Waals surface area contributed by atoms with Gasteiger partial charge in [-0.25, -0.2) is 0 Å². The molecule has 2 N–H and O–H groups in total. The largest absolute Gasteiger partial charge is 0.389 e. The summed E-state index contributed by atoms with van der Waals surface area (Å²) in [6.45, 7) is 11.1. The van der Waals surface area contributed by atoms with Gasteiger partial charge in [-0.05, 0) is 31.6 Å². The van der Waals surface area contributed by atoms with Crippen molar-refractivity contribution in [1.29, 1.82) is 0 Å². The third-order valence-electron chi connectivity index (χ3n) is 6.00. The van der Waals surface area contributed by atoms with Crippen LogP contribution < -0.4 is 5.32 Å². The van der Waals surface area contributed by atoms with Crippen LogP contribution in [0.15, 0.2) is 11.1 Å². The lowest BCUT2D eigenvalue weighted by Gasteiger charge is -2.51. The van der Waals surface area contributed by atoms with E-state index in [4.69, 9.17) is 16.3 Å². The van der Waals surface area contributed by atoms with Gasteiger partial charge >= 0.3 is 0 Å². The van der Waals surface area contributed by atoms with Crippen molar-refractivity contribution >= 4 is 23.4 Å². The van der Waals surface area contributed by atoms with E-state index < -0.39 is 17.1 Å². The predicted molar refractivity (Wildman–Crippen MR) is 117 cm³/mol. The van der Waals surface area contributed by atoms with Crippen LogP contribution in [0.5, 0.6) is 0 Å².